The number of hydrogen-bond acceptors (Lipinski definition) is 2. The van der Waals surface area contributed by atoms with Crippen LogP contribution in [0.4, 0.5) is 8.78 Å². The molecule has 2 radical (unpaired) electrons. The summed E-state index contributed by atoms with van der Waals surface area (Å²) >= 11 is 0. The van der Waals surface area contributed by atoms with E-state index in [1.807, 2.05) is 12.1 Å². The molecule has 0 N–H and O–H groups in total. The summed E-state index contributed by atoms with van der Waals surface area (Å²) < 4.78 is 36.4. The van der Waals surface area contributed by atoms with Crippen molar-refractivity contribution in [2.75, 3.05) is 26.6 Å². The molecule has 0 atom stereocenters. The second-order valence-corrected chi connectivity index (χ2v) is 10.4. The number of para-hydroxylation sites is 1. The van der Waals surface area contributed by atoms with Gasteiger partial charge < -0.3 is 9.47 Å². The average molecular weight is 437 g/mol. The van der Waals surface area contributed by atoms with E-state index in [9.17, 15) is 8.78 Å². The molecule has 0 bridgehead atoms. The molecule has 0 unspecified atom stereocenters. The number of benzene rings is 1. The molecular weight excluding hydrogens is 398 g/mol. The Hall–Kier alpha value is -1.10. The lowest BCUT2D eigenvalue weighted by Gasteiger charge is -2.37. The molecule has 1 aromatic carbocycles. The number of hydrogen-bond donors (Lipinski definition) is 0. The van der Waals surface area contributed by atoms with Crippen molar-refractivity contribution in [2.24, 2.45) is 23.7 Å². The first kappa shape index (κ1) is 23.6. The highest BCUT2D eigenvalue weighted by Gasteiger charge is 2.30. The lowest BCUT2D eigenvalue weighted by atomic mass is 9.69. The smallest absolute Gasteiger partial charge is 0.161 e. The van der Waals surface area contributed by atoms with Crippen molar-refractivity contribution in [1.29, 1.82) is 0 Å². The van der Waals surface area contributed by atoms with Gasteiger partial charge in [0, 0.05) is 0 Å². The van der Waals surface area contributed by atoms with Crippen molar-refractivity contribution in [3.8, 4) is 11.5 Å². The lowest BCUT2D eigenvalue weighted by Crippen LogP contribution is -2.27. The van der Waals surface area contributed by atoms with E-state index in [2.05, 4.69) is 6.92 Å². The van der Waals surface area contributed by atoms with Gasteiger partial charge in [-0.3, -0.25) is 0 Å². The van der Waals surface area contributed by atoms with E-state index in [4.69, 9.17) is 9.47 Å². The maximum absolute atomic E-state index is 12.7. The van der Waals surface area contributed by atoms with Gasteiger partial charge in [0.15, 0.2) is 11.5 Å². The van der Waals surface area contributed by atoms with Crippen LogP contribution in [0.3, 0.4) is 0 Å². The van der Waals surface area contributed by atoms with Crippen LogP contribution in [0.25, 0.3) is 0 Å². The van der Waals surface area contributed by atoms with Crippen LogP contribution in [0.15, 0.2) is 18.2 Å². The topological polar surface area (TPSA) is 18.5 Å². The molecule has 2 fully saturated rings. The van der Waals surface area contributed by atoms with Gasteiger partial charge in [0.05, 0.1) is 9.52 Å². The van der Waals surface area contributed by atoms with E-state index >= 15 is 0 Å². The normalized spacial score (nSPS) is 27.0. The van der Waals surface area contributed by atoms with E-state index in [0.29, 0.717) is 21.0 Å². The molecule has 0 spiro atoms. The van der Waals surface area contributed by atoms with E-state index in [1.54, 1.807) is 6.07 Å². The molecule has 2 saturated carbocycles. The molecule has 0 amide bonds. The van der Waals surface area contributed by atoms with Crippen LogP contribution in [-0.4, -0.2) is 36.1 Å². The zero-order valence-corrected chi connectivity index (χ0v) is 19.5. The van der Waals surface area contributed by atoms with Gasteiger partial charge in [0.2, 0.25) is 0 Å². The molecule has 0 heterocycles. The zero-order chi connectivity index (χ0) is 21.2. The van der Waals surface area contributed by atoms with Gasteiger partial charge in [0.1, 0.15) is 26.6 Å². The fraction of sp³-hybridized carbons (Fsp3) is 0.760. The summed E-state index contributed by atoms with van der Waals surface area (Å²) in [6, 6.07) is 6.93. The van der Waals surface area contributed by atoms with Gasteiger partial charge >= 0.3 is 0 Å². The third kappa shape index (κ3) is 6.70. The van der Waals surface area contributed by atoms with Gasteiger partial charge in [-0.25, -0.2) is 8.78 Å². The Labute approximate surface area is 183 Å². The Morgan fingerprint density at radius 1 is 0.833 bits per heavy atom. The van der Waals surface area contributed by atoms with Crippen LogP contribution < -0.4 is 14.7 Å². The molecule has 2 aliphatic carbocycles. The quantitative estimate of drug-likeness (QED) is 0.387. The fourth-order valence-corrected chi connectivity index (χ4v) is 6.88. The summed E-state index contributed by atoms with van der Waals surface area (Å²) in [5.74, 6) is 4.83. The van der Waals surface area contributed by atoms with Crippen molar-refractivity contribution < 1.29 is 18.3 Å². The minimum absolute atomic E-state index is 0.00271. The zero-order valence-electron chi connectivity index (χ0n) is 18.5. The molecule has 0 aliphatic heterocycles. The predicted octanol–water partition coefficient (Wildman–Crippen LogP) is 6.15. The molecule has 1 aromatic rings. The Morgan fingerprint density at radius 2 is 1.43 bits per heavy atom. The third-order valence-electron chi connectivity index (χ3n) is 7.25. The highest BCUT2D eigenvalue weighted by molar-refractivity contribution is 6.54. The monoisotopic (exact) mass is 436 g/mol. The molecule has 168 valence electrons. The standard InChI is InChI=1S/C25H38F2O2Si/c1-2-19-6-10-21(11-7-19)22-12-8-20(9-13-22)18-30-24-5-3-4-23(28-16-14-26)25(24)29-17-15-27/h3-5,19-22H,2,6-18H2,1H3. The first-order valence-electron chi connectivity index (χ1n) is 12.0. The summed E-state index contributed by atoms with van der Waals surface area (Å²) in [4.78, 5) is 0. The number of rotatable bonds is 11. The first-order valence-corrected chi connectivity index (χ1v) is 13.2. The van der Waals surface area contributed by atoms with Crippen LogP contribution in [0.5, 0.6) is 11.5 Å². The Kier molecular flexibility index (Phi) is 9.96. The van der Waals surface area contributed by atoms with Gasteiger partial charge in [-0.05, 0) is 60.6 Å². The number of ether oxygens (including phenoxy) is 2. The van der Waals surface area contributed by atoms with E-state index < -0.39 is 13.3 Å². The van der Waals surface area contributed by atoms with E-state index in [0.717, 1.165) is 34.9 Å². The van der Waals surface area contributed by atoms with Crippen molar-refractivity contribution >= 4 is 14.7 Å². The molecule has 30 heavy (non-hydrogen) atoms. The molecule has 2 aliphatic rings. The van der Waals surface area contributed by atoms with Crippen molar-refractivity contribution in [2.45, 2.75) is 70.8 Å². The lowest BCUT2D eigenvalue weighted by molar-refractivity contribution is 0.149. The largest absolute Gasteiger partial charge is 0.487 e. The maximum Gasteiger partial charge on any atom is 0.161 e. The summed E-state index contributed by atoms with van der Waals surface area (Å²) in [6.07, 6.45) is 12.6. The predicted molar refractivity (Wildman–Crippen MR) is 121 cm³/mol. The second-order valence-electron chi connectivity index (χ2n) is 9.06. The van der Waals surface area contributed by atoms with Crippen LogP contribution in [0, 0.1) is 23.7 Å². The molecule has 0 aromatic heterocycles. The first-order chi connectivity index (χ1) is 14.7. The van der Waals surface area contributed by atoms with Gasteiger partial charge in [0.25, 0.3) is 0 Å². The number of alkyl halides is 2. The van der Waals surface area contributed by atoms with Crippen LogP contribution in [-0.2, 0) is 0 Å². The fourth-order valence-electron chi connectivity index (χ4n) is 5.39. The maximum atomic E-state index is 12.7. The Morgan fingerprint density at radius 3 is 2.03 bits per heavy atom. The molecule has 2 nitrogen and oxygen atoms in total. The average Bonchev–Trinajstić information content (AvgIpc) is 2.81. The van der Waals surface area contributed by atoms with Gasteiger partial charge in [-0.1, -0.05) is 57.2 Å². The molecule has 0 saturated heterocycles. The summed E-state index contributed by atoms with van der Waals surface area (Å²) in [6.45, 7) is 1.28. The molecular formula is C25H38F2O2Si. The highest BCUT2D eigenvalue weighted by atomic mass is 28.2. The minimum Gasteiger partial charge on any atom is -0.487 e. The highest BCUT2D eigenvalue weighted by Crippen LogP contribution is 2.42. The van der Waals surface area contributed by atoms with E-state index in [-0.39, 0.29) is 13.2 Å². The Bertz CT molecular complexity index is 611. The minimum atomic E-state index is -0.543. The third-order valence-corrected chi connectivity index (χ3v) is 8.80. The van der Waals surface area contributed by atoms with Crippen LogP contribution in [0.2, 0.25) is 6.04 Å². The SMILES string of the molecule is CCC1CCC(C2CCC(C[Si]c3cccc(OCCF)c3OCCF)CC2)CC1. The van der Waals surface area contributed by atoms with Crippen LogP contribution >= 0.6 is 0 Å². The van der Waals surface area contributed by atoms with Crippen molar-refractivity contribution in [3.05, 3.63) is 18.2 Å². The van der Waals surface area contributed by atoms with Crippen LogP contribution in [0.1, 0.15) is 64.7 Å². The summed E-state index contributed by atoms with van der Waals surface area (Å²) in [5, 5.41) is 1.08. The van der Waals surface area contributed by atoms with Gasteiger partial charge in [-0.2, -0.15) is 0 Å². The summed E-state index contributed by atoms with van der Waals surface area (Å²) in [5.41, 5.74) is 0. The molecule has 5 heteroatoms. The molecule has 3 rings (SSSR count). The van der Waals surface area contributed by atoms with Crippen molar-refractivity contribution in [3.63, 3.8) is 0 Å². The second kappa shape index (κ2) is 12.7. The van der Waals surface area contributed by atoms with E-state index in [1.165, 1.54) is 57.8 Å². The Balaban J connectivity index is 1.49. The number of halogens is 2. The van der Waals surface area contributed by atoms with Gasteiger partial charge in [-0.15, -0.1) is 0 Å². The summed E-state index contributed by atoms with van der Waals surface area (Å²) in [7, 11) is 0.621. The van der Waals surface area contributed by atoms with Crippen molar-refractivity contribution in [1.82, 2.24) is 0 Å².